The van der Waals surface area contributed by atoms with Crippen molar-refractivity contribution in [3.63, 3.8) is 0 Å². The number of hydrogen-bond acceptors (Lipinski definition) is 19. The molecule has 2 amide bonds. The van der Waals surface area contributed by atoms with E-state index in [0.29, 0.717) is 39.4 Å². The van der Waals surface area contributed by atoms with E-state index in [1.807, 2.05) is 152 Å². The molecule has 3 saturated heterocycles. The average molecular weight is 1470 g/mol. The number of fused-ring (bicyclic) bond motifs is 1. The van der Waals surface area contributed by atoms with Gasteiger partial charge in [-0.15, -0.1) is 0 Å². The summed E-state index contributed by atoms with van der Waals surface area (Å²) in [6.07, 6.45) is 5.60. The third-order valence-electron chi connectivity index (χ3n) is 14.1. The number of amides is 2. The molecule has 7 aromatic rings. The number of carboxylic acid groups (broad SMARTS) is 3. The molecule has 29 heteroatoms. The van der Waals surface area contributed by atoms with Gasteiger partial charge in [-0.25, -0.2) is 27.9 Å². The standard InChI is InChI=1S/2C18H21N3O2.C11H16N2.C10H7NO4S.C8H7ClO2.3C2H4O2.Cu.H2O/c2*19-16-8-4-5-9-17(16)20-10-12-21(13-11-20)18(22)23-14-15-6-2-1-3-7-15;12-10-6-2-3-7-11(10)13-8-4-1-5-9-13;11-16(14,15)9-3-1-2-6-7(12)4-5-8(13)10(6)9;9-8(10)11-6-7-4-2-1-3-5-7;3*1-2(3)4;;/h2*1-9H,10-14,19H2;2-3,6-7H,1,4-5,8-9,12H2;1-5H,(H2,11,14,15);1-5H,6H2;3*1H3,(H,3,4);;1H2. The molecule has 0 atom stereocenters. The van der Waals surface area contributed by atoms with Crippen molar-refractivity contribution in [3.05, 3.63) is 222 Å². The van der Waals surface area contributed by atoms with Gasteiger partial charge in [0.2, 0.25) is 10.0 Å². The molecule has 13 N–H and O–H groups in total. The fraction of sp³-hybridized carbons (Fsp3) is 0.268. The molecular formula is C71H86ClCuN9O17S. The van der Waals surface area contributed by atoms with E-state index in [9.17, 15) is 32.4 Å². The topological polar surface area (TPSA) is 411 Å². The van der Waals surface area contributed by atoms with Gasteiger partial charge < -0.3 is 76.7 Å². The summed E-state index contributed by atoms with van der Waals surface area (Å²) >= 11 is 4.97. The van der Waals surface area contributed by atoms with Crippen molar-refractivity contribution in [3.8, 4) is 0 Å². The number of piperidine rings is 1. The van der Waals surface area contributed by atoms with Crippen LogP contribution in [0.4, 0.5) is 48.5 Å². The summed E-state index contributed by atoms with van der Waals surface area (Å²) in [6, 6.07) is 56.5. The van der Waals surface area contributed by atoms with Gasteiger partial charge in [0.15, 0.2) is 11.6 Å². The second-order valence-corrected chi connectivity index (χ2v) is 23.4. The summed E-state index contributed by atoms with van der Waals surface area (Å²) < 4.78 is 37.8. The van der Waals surface area contributed by atoms with Crippen molar-refractivity contribution in [1.82, 2.24) is 9.80 Å². The molecule has 0 spiro atoms. The Balaban J connectivity index is 0.000000414. The predicted octanol–water partition coefficient (Wildman–Crippen LogP) is 9.99. The van der Waals surface area contributed by atoms with Crippen molar-refractivity contribution in [1.29, 1.82) is 0 Å². The number of para-hydroxylation sites is 6. The molecule has 26 nitrogen and oxygen atoms in total. The van der Waals surface area contributed by atoms with Crippen molar-refractivity contribution in [2.24, 2.45) is 5.14 Å². The number of carbonyl (C=O) groups excluding carboxylic acids is 5. The van der Waals surface area contributed by atoms with Crippen LogP contribution in [0.15, 0.2) is 199 Å². The number of carbonyl (C=O) groups is 8. The Bertz CT molecular complexity index is 3690. The number of sulfonamides is 1. The Labute approximate surface area is 597 Å². The van der Waals surface area contributed by atoms with Crippen LogP contribution in [0.25, 0.3) is 0 Å². The molecule has 0 unspecified atom stereocenters. The van der Waals surface area contributed by atoms with Crippen LogP contribution in [0.1, 0.15) is 77.4 Å². The number of aliphatic carboxylic acids is 3. The minimum absolute atomic E-state index is 0. The third kappa shape index (κ3) is 32.3. The molecule has 1 radical (unpaired) electrons. The first kappa shape index (κ1) is 85.6. The summed E-state index contributed by atoms with van der Waals surface area (Å²) in [5.41, 5.74) is 25.7. The van der Waals surface area contributed by atoms with Crippen molar-refractivity contribution in [2.75, 3.05) is 97.3 Å². The predicted molar refractivity (Wildman–Crippen MR) is 381 cm³/mol. The Kier molecular flexibility index (Phi) is 39.3. The molecule has 3 heterocycles. The van der Waals surface area contributed by atoms with Gasteiger partial charge in [-0.1, -0.05) is 140 Å². The van der Waals surface area contributed by atoms with Crippen LogP contribution in [-0.4, -0.2) is 152 Å². The van der Waals surface area contributed by atoms with Gasteiger partial charge >= 0.3 is 17.6 Å². The Morgan fingerprint density at radius 2 is 0.730 bits per heavy atom. The number of primary sulfonamides is 1. The van der Waals surface area contributed by atoms with E-state index in [1.54, 1.807) is 9.80 Å². The molecule has 0 saturated carbocycles. The van der Waals surface area contributed by atoms with Crippen molar-refractivity contribution < 1.29 is 98.8 Å². The van der Waals surface area contributed by atoms with Crippen LogP contribution in [-0.2, 0) is 75.5 Å². The summed E-state index contributed by atoms with van der Waals surface area (Å²) in [4.78, 5) is 94.4. The Hall–Kier alpha value is -10.5. The summed E-state index contributed by atoms with van der Waals surface area (Å²) in [7, 11) is -4.01. The zero-order valence-corrected chi connectivity index (χ0v) is 58.1. The number of anilines is 6. The molecule has 1 aliphatic carbocycles. The second-order valence-electron chi connectivity index (χ2n) is 21.6. The van der Waals surface area contributed by atoms with E-state index >= 15 is 0 Å². The molecule has 100 heavy (non-hydrogen) atoms. The molecule has 541 valence electrons. The second kappa shape index (κ2) is 45.9. The van der Waals surface area contributed by atoms with Crippen LogP contribution in [0.2, 0.25) is 0 Å². The monoisotopic (exact) mass is 1470 g/mol. The molecule has 11 rings (SSSR count). The van der Waals surface area contributed by atoms with Gasteiger partial charge in [0.1, 0.15) is 19.8 Å². The van der Waals surface area contributed by atoms with Crippen LogP contribution in [0, 0.1) is 0 Å². The number of nitrogens with two attached hydrogens (primary N) is 4. The smallest absolute Gasteiger partial charge is 0.410 e. The maximum Gasteiger partial charge on any atom is 0.410 e. The maximum absolute atomic E-state index is 12.1. The fourth-order valence-electron chi connectivity index (χ4n) is 9.61. The number of rotatable bonds is 10. The number of nitrogen functional groups attached to an aromatic ring is 3. The molecule has 7 aromatic carbocycles. The van der Waals surface area contributed by atoms with Crippen LogP contribution >= 0.6 is 11.6 Å². The van der Waals surface area contributed by atoms with Crippen LogP contribution < -0.4 is 37.0 Å². The van der Waals surface area contributed by atoms with Crippen molar-refractivity contribution >= 4 is 103 Å². The maximum atomic E-state index is 12.1. The van der Waals surface area contributed by atoms with Crippen LogP contribution in [0.3, 0.4) is 0 Å². The third-order valence-corrected chi connectivity index (χ3v) is 15.2. The van der Waals surface area contributed by atoms with Crippen LogP contribution in [0.5, 0.6) is 0 Å². The summed E-state index contributed by atoms with van der Waals surface area (Å²) in [6.45, 7) is 12.0. The SMILES string of the molecule is CC(=O)O.CC(=O)O.CC(=O)O.NS(=O)(=O)c1cccc2c1C(=O)C=CC2=O.Nc1ccccc1N1CCCCC1.Nc1ccccc1N1CCN(C(=O)OCc2ccccc2)CC1.Nc1ccccc1N1CCN(C(=O)OCc2ccccc2)CC1.O.O=C(Cl)OCc1ccccc1.[Cu]. The molecule has 3 fully saturated rings. The van der Waals surface area contributed by atoms with E-state index in [4.69, 9.17) is 73.1 Å². The normalized spacial score (nSPS) is 13.2. The minimum Gasteiger partial charge on any atom is -0.481 e. The number of ether oxygens (including phenoxy) is 3. The molecular weight excluding hydrogens is 1380 g/mol. The van der Waals surface area contributed by atoms with Gasteiger partial charge in [0.05, 0.1) is 44.6 Å². The number of halogens is 1. The molecule has 3 aliphatic heterocycles. The summed E-state index contributed by atoms with van der Waals surface area (Å²) in [5, 5.41) is 27.2. The molecule has 4 aliphatic rings. The number of nitrogens with zero attached hydrogens (tertiary/aromatic N) is 5. The molecule has 0 aromatic heterocycles. The Morgan fingerprint density at radius 1 is 0.430 bits per heavy atom. The number of carboxylic acids is 3. The number of ketones is 2. The first-order valence-electron chi connectivity index (χ1n) is 30.8. The van der Waals surface area contributed by atoms with E-state index in [1.165, 1.54) is 43.1 Å². The number of benzene rings is 7. The van der Waals surface area contributed by atoms with Gasteiger partial charge in [0, 0.05) is 120 Å². The number of hydrogen-bond donors (Lipinski definition) is 7. The van der Waals surface area contributed by atoms with Gasteiger partial charge in [0.25, 0.3) is 17.9 Å². The Morgan fingerprint density at radius 3 is 1.05 bits per heavy atom. The quantitative estimate of drug-likeness (QED) is 0.0290. The first-order valence-corrected chi connectivity index (χ1v) is 32.7. The number of allylic oxidation sites excluding steroid dienone is 2. The zero-order valence-electron chi connectivity index (χ0n) is 55.6. The first-order chi connectivity index (χ1) is 46.7. The van der Waals surface area contributed by atoms with E-state index in [2.05, 4.69) is 31.6 Å². The minimum atomic E-state index is -4.01. The average Bonchev–Trinajstić information content (AvgIpc) is 0.778. The zero-order chi connectivity index (χ0) is 72.0. The van der Waals surface area contributed by atoms with E-state index in [-0.39, 0.29) is 57.4 Å². The number of piperazine rings is 2. The summed E-state index contributed by atoms with van der Waals surface area (Å²) in [5.74, 6) is -3.43. The van der Waals surface area contributed by atoms with E-state index in [0.717, 1.165) is 117 Å². The van der Waals surface area contributed by atoms with Gasteiger partial charge in [-0.3, -0.25) is 24.0 Å². The van der Waals surface area contributed by atoms with Gasteiger partial charge in [-0.05, 0) is 90.6 Å². The largest absolute Gasteiger partial charge is 0.481 e. The fourth-order valence-corrected chi connectivity index (χ4v) is 10.4. The molecule has 0 bridgehead atoms. The van der Waals surface area contributed by atoms with Crippen molar-refractivity contribution in [2.45, 2.75) is 64.7 Å². The van der Waals surface area contributed by atoms with E-state index < -0.39 is 44.9 Å². The van der Waals surface area contributed by atoms with Gasteiger partial charge in [-0.2, -0.15) is 0 Å².